The Hall–Kier alpha value is -6.16. The smallest absolute Gasteiger partial charge is 0.407 e. The minimum Gasteiger partial charge on any atom is -0.488 e. The maximum atomic E-state index is 13.9. The Bertz CT molecular complexity index is 2460. The van der Waals surface area contributed by atoms with E-state index in [1.165, 1.54) is 7.11 Å². The van der Waals surface area contributed by atoms with E-state index >= 15 is 0 Å². The van der Waals surface area contributed by atoms with E-state index in [0.29, 0.717) is 44.4 Å². The van der Waals surface area contributed by atoms with Crippen LogP contribution in [0, 0.1) is 17.8 Å². The van der Waals surface area contributed by atoms with Crippen molar-refractivity contribution in [2.75, 3.05) is 33.9 Å². The fourth-order valence-electron chi connectivity index (χ4n) is 9.08. The number of amides is 4. The second-order valence-corrected chi connectivity index (χ2v) is 16.8. The van der Waals surface area contributed by atoms with Crippen LogP contribution in [0.5, 0.6) is 5.75 Å². The molecule has 2 saturated heterocycles. The molecule has 2 fully saturated rings. The van der Waals surface area contributed by atoms with Crippen LogP contribution in [0.3, 0.4) is 0 Å². The summed E-state index contributed by atoms with van der Waals surface area (Å²) in [7, 11) is 2.92. The molecule has 5 heterocycles. The molecule has 16 heteroatoms. The highest BCUT2D eigenvalue weighted by Crippen LogP contribution is 2.44. The molecule has 4 amide bonds. The van der Waals surface area contributed by atoms with Crippen LogP contribution >= 0.6 is 0 Å². The predicted molar refractivity (Wildman–Crippen MR) is 223 cm³/mol. The topological polar surface area (TPSA) is 204 Å². The summed E-state index contributed by atoms with van der Waals surface area (Å²) in [5.41, 5.74) is 6.42. The number of carbonyl (C=O) groups excluding carboxylic acids is 3. The highest BCUT2D eigenvalue weighted by atomic mass is 16.5. The van der Waals surface area contributed by atoms with Crippen molar-refractivity contribution in [3.8, 4) is 28.1 Å². The van der Waals surface area contributed by atoms with E-state index in [0.717, 1.165) is 68.3 Å². The number of hydrogen-bond donors (Lipinski definition) is 5. The lowest BCUT2D eigenvalue weighted by Gasteiger charge is -2.30. The van der Waals surface area contributed by atoms with Crippen molar-refractivity contribution in [1.82, 2.24) is 40.4 Å². The lowest BCUT2D eigenvalue weighted by Crippen LogP contribution is -2.51. The number of alkyl carbamates (subject to hydrolysis) is 1. The number of carboxylic acid groups (broad SMARTS) is 1. The highest BCUT2D eigenvalue weighted by molar-refractivity contribution is 6.07. The average Bonchev–Trinajstić information content (AvgIpc) is 4.06. The van der Waals surface area contributed by atoms with Crippen molar-refractivity contribution < 1.29 is 38.5 Å². The van der Waals surface area contributed by atoms with Crippen molar-refractivity contribution in [3.63, 3.8) is 0 Å². The Balaban J connectivity index is 1.05. The summed E-state index contributed by atoms with van der Waals surface area (Å²) in [6, 6.07) is 12.3. The molecule has 0 radical (unpaired) electrons. The molecule has 60 heavy (non-hydrogen) atoms. The van der Waals surface area contributed by atoms with Crippen LogP contribution in [0.25, 0.3) is 44.2 Å². The number of rotatable bonds is 11. The van der Waals surface area contributed by atoms with Gasteiger partial charge in [-0.1, -0.05) is 45.9 Å². The van der Waals surface area contributed by atoms with Gasteiger partial charge in [0.2, 0.25) is 11.8 Å². The van der Waals surface area contributed by atoms with Gasteiger partial charge in [-0.15, -0.1) is 0 Å². The van der Waals surface area contributed by atoms with Crippen molar-refractivity contribution >= 4 is 45.8 Å². The predicted octanol–water partition coefficient (Wildman–Crippen LogP) is 6.54. The number of carbonyl (C=O) groups is 4. The van der Waals surface area contributed by atoms with Crippen molar-refractivity contribution in [1.29, 1.82) is 0 Å². The molecule has 5 N–H and O–H groups in total. The Morgan fingerprint density at radius 2 is 1.68 bits per heavy atom. The Morgan fingerprint density at radius 1 is 0.917 bits per heavy atom. The number of aromatic amines is 2. The van der Waals surface area contributed by atoms with E-state index in [9.17, 15) is 24.3 Å². The first kappa shape index (κ1) is 40.6. The van der Waals surface area contributed by atoms with Crippen LogP contribution in [0.1, 0.15) is 76.3 Å². The Labute approximate surface area is 347 Å². The third kappa shape index (κ3) is 7.59. The molecule has 5 atom stereocenters. The molecule has 3 aromatic carbocycles. The zero-order valence-electron chi connectivity index (χ0n) is 34.7. The number of methoxy groups -OCH3 is 2. The van der Waals surface area contributed by atoms with Crippen LogP contribution in [-0.4, -0.2) is 105 Å². The molecule has 8 rings (SSSR count). The summed E-state index contributed by atoms with van der Waals surface area (Å²) in [6.07, 6.45) is 2.14. The molecule has 3 aliphatic rings. The number of likely N-dealkylation sites (tertiary alicyclic amines) is 2. The van der Waals surface area contributed by atoms with Crippen LogP contribution in [-0.2, 0) is 25.7 Å². The molecule has 16 nitrogen and oxygen atoms in total. The second-order valence-electron chi connectivity index (χ2n) is 16.8. The molecule has 0 spiro atoms. The number of aromatic nitrogens is 4. The van der Waals surface area contributed by atoms with E-state index in [2.05, 4.69) is 50.9 Å². The molecule has 2 aromatic heterocycles. The molecule has 0 bridgehead atoms. The molecule has 316 valence electrons. The van der Waals surface area contributed by atoms with Gasteiger partial charge in [-0.2, -0.15) is 0 Å². The standard InChI is InChI=1S/C44H52N8O8/c1-22(2)36(49-43(55)56)42(54)52-19-24(20-58-5)14-34(52)40-46-31-12-10-25-16-30-28-11-9-26(15-27(28)21-60-35(30)17-29(25)38(31)48-40)32-18-45-39(47-32)33-8-7-13-51(33)41(53)37(23(3)4)50-44(57)59-6/h9-12,15-18,22-24,33-34,36-37,49H,7-8,13-14,19-21H2,1-6H3,(H,45,47)(H,46,48)(H,50,57)(H,55,56). The Kier molecular flexibility index (Phi) is 11.2. The van der Waals surface area contributed by atoms with Gasteiger partial charge in [-0.05, 0) is 77.4 Å². The van der Waals surface area contributed by atoms with Gasteiger partial charge in [-0.3, -0.25) is 9.59 Å². The van der Waals surface area contributed by atoms with E-state index in [1.807, 2.05) is 39.8 Å². The maximum Gasteiger partial charge on any atom is 0.407 e. The van der Waals surface area contributed by atoms with Gasteiger partial charge in [0.25, 0.3) is 0 Å². The number of hydrogen-bond acceptors (Lipinski definition) is 9. The molecular weight excluding hydrogens is 769 g/mol. The third-order valence-electron chi connectivity index (χ3n) is 12.1. The summed E-state index contributed by atoms with van der Waals surface area (Å²) in [4.78, 5) is 71.5. The number of ether oxygens (including phenoxy) is 3. The molecule has 5 unspecified atom stereocenters. The van der Waals surface area contributed by atoms with Gasteiger partial charge in [0.15, 0.2) is 0 Å². The van der Waals surface area contributed by atoms with Gasteiger partial charge in [0.05, 0.1) is 48.7 Å². The number of nitrogens with one attached hydrogen (secondary N) is 4. The SMILES string of the molecule is COCC1CC(c2nc3c(ccc4cc5c(cc43)OCc3cc(-c4cnc(C6CCCN6C(=O)C(NC(=O)OC)C(C)C)[nH]4)ccc3-5)[nH]2)N(C(=O)C(NC(=O)O)C(C)C)C1. The lowest BCUT2D eigenvalue weighted by atomic mass is 9.92. The summed E-state index contributed by atoms with van der Waals surface area (Å²) in [5, 5.41) is 16.5. The van der Waals surface area contributed by atoms with Crippen molar-refractivity contribution in [2.45, 2.75) is 77.7 Å². The van der Waals surface area contributed by atoms with E-state index < -0.39 is 24.3 Å². The van der Waals surface area contributed by atoms with Gasteiger partial charge in [0.1, 0.15) is 36.1 Å². The largest absolute Gasteiger partial charge is 0.488 e. The van der Waals surface area contributed by atoms with Gasteiger partial charge in [-0.25, -0.2) is 19.6 Å². The number of imidazole rings is 2. The molecule has 0 aliphatic carbocycles. The van der Waals surface area contributed by atoms with Crippen molar-refractivity contribution in [2.24, 2.45) is 17.8 Å². The van der Waals surface area contributed by atoms with Gasteiger partial charge in [0, 0.05) is 37.1 Å². The fraction of sp³-hybridized carbons (Fsp3) is 0.455. The van der Waals surface area contributed by atoms with Crippen LogP contribution < -0.4 is 15.4 Å². The monoisotopic (exact) mass is 820 g/mol. The van der Waals surface area contributed by atoms with E-state index in [4.69, 9.17) is 24.2 Å². The fourth-order valence-corrected chi connectivity index (χ4v) is 9.08. The normalized spacial score (nSPS) is 19.6. The first-order valence-corrected chi connectivity index (χ1v) is 20.6. The number of benzene rings is 3. The van der Waals surface area contributed by atoms with E-state index in [1.54, 1.807) is 23.1 Å². The summed E-state index contributed by atoms with van der Waals surface area (Å²) >= 11 is 0. The van der Waals surface area contributed by atoms with Crippen LogP contribution in [0.2, 0.25) is 0 Å². The average molecular weight is 821 g/mol. The zero-order valence-corrected chi connectivity index (χ0v) is 34.7. The first-order valence-electron chi connectivity index (χ1n) is 20.6. The quantitative estimate of drug-likeness (QED) is 0.0974. The van der Waals surface area contributed by atoms with Crippen molar-refractivity contribution in [3.05, 3.63) is 65.9 Å². The highest BCUT2D eigenvalue weighted by Gasteiger charge is 2.42. The number of fused-ring (bicyclic) bond motifs is 6. The lowest BCUT2D eigenvalue weighted by molar-refractivity contribution is -0.136. The third-order valence-corrected chi connectivity index (χ3v) is 12.1. The van der Waals surface area contributed by atoms with Gasteiger partial charge < -0.3 is 49.7 Å². The molecule has 0 saturated carbocycles. The minimum atomic E-state index is -1.24. The summed E-state index contributed by atoms with van der Waals surface area (Å²) in [5.74, 6) is 1.35. The zero-order chi connectivity index (χ0) is 42.4. The number of H-pyrrole nitrogens is 2. The first-order chi connectivity index (χ1) is 28.8. The van der Waals surface area contributed by atoms with E-state index in [-0.39, 0.29) is 41.7 Å². The molecular formula is C44H52N8O8. The number of nitrogens with zero attached hydrogens (tertiary/aromatic N) is 4. The maximum absolute atomic E-state index is 13.9. The van der Waals surface area contributed by atoms with Crippen LogP contribution in [0.15, 0.2) is 48.7 Å². The second kappa shape index (κ2) is 16.5. The molecule has 3 aliphatic heterocycles. The summed E-state index contributed by atoms with van der Waals surface area (Å²) in [6.45, 7) is 9.28. The minimum absolute atomic E-state index is 0.0667. The van der Waals surface area contributed by atoms with Crippen LogP contribution in [0.4, 0.5) is 9.59 Å². The molecule has 5 aromatic rings. The summed E-state index contributed by atoms with van der Waals surface area (Å²) < 4.78 is 16.7. The van der Waals surface area contributed by atoms with Gasteiger partial charge >= 0.3 is 12.2 Å². The Morgan fingerprint density at radius 3 is 2.42 bits per heavy atom.